The number of aromatic amines is 1. The Labute approximate surface area is 90.6 Å². The lowest BCUT2D eigenvalue weighted by Crippen LogP contribution is -2.29. The zero-order valence-electron chi connectivity index (χ0n) is 9.43. The number of rotatable bonds is 3. The predicted molar refractivity (Wildman–Crippen MR) is 59.2 cm³/mol. The lowest BCUT2D eigenvalue weighted by Gasteiger charge is -1.87. The Morgan fingerprint density at radius 2 is 2.27 bits per heavy atom. The third-order valence-electron chi connectivity index (χ3n) is 2.01. The number of hydrogen-bond donors (Lipinski definition) is 1. The summed E-state index contributed by atoms with van der Waals surface area (Å²) < 4.78 is 4.14. The molecule has 2 aromatic rings. The average Bonchev–Trinajstić information content (AvgIpc) is 2.91. The molecule has 4 heteroatoms. The summed E-state index contributed by atoms with van der Waals surface area (Å²) in [5.74, 6) is 0. The first-order chi connectivity index (χ1) is 7.36. The second-order valence-electron chi connectivity index (χ2n) is 3.24. The molecule has 0 saturated heterocycles. The summed E-state index contributed by atoms with van der Waals surface area (Å²) >= 11 is 0. The largest absolute Gasteiger partial charge is 0.338 e. The smallest absolute Gasteiger partial charge is 0.241 e. The van der Waals surface area contributed by atoms with Crippen LogP contribution in [-0.4, -0.2) is 14.5 Å². The summed E-state index contributed by atoms with van der Waals surface area (Å²) in [5.41, 5.74) is 0. The molecule has 2 rings (SSSR count). The van der Waals surface area contributed by atoms with E-state index in [4.69, 9.17) is 0 Å². The minimum absolute atomic E-state index is 1.01. The maximum atomic E-state index is 3.86. The molecule has 0 atom stereocenters. The molecule has 4 nitrogen and oxygen atoms in total. The van der Waals surface area contributed by atoms with E-state index in [0.29, 0.717) is 0 Å². The molecule has 0 amide bonds. The van der Waals surface area contributed by atoms with E-state index in [-0.39, 0.29) is 0 Å². The van der Waals surface area contributed by atoms with Crippen LogP contribution in [0.4, 0.5) is 0 Å². The molecule has 15 heavy (non-hydrogen) atoms. The maximum absolute atomic E-state index is 3.86. The van der Waals surface area contributed by atoms with Crippen molar-refractivity contribution in [3.63, 3.8) is 0 Å². The standard InChI is InChI=1S/C6H10N2.C5H8N2/c1-2-4-8-5-3-7-6-8;1-2-7-4-3-6-5-7/h3,5-6H,2,4H2,1H3;3-5H,2H2,1H3/p+1. The van der Waals surface area contributed by atoms with Gasteiger partial charge < -0.3 is 4.57 Å². The summed E-state index contributed by atoms with van der Waals surface area (Å²) in [7, 11) is 0. The Balaban J connectivity index is 0.000000151. The van der Waals surface area contributed by atoms with Crippen molar-refractivity contribution < 1.29 is 4.57 Å². The first kappa shape index (κ1) is 11.5. The van der Waals surface area contributed by atoms with E-state index >= 15 is 0 Å². The molecule has 1 N–H and O–H groups in total. The van der Waals surface area contributed by atoms with Crippen LogP contribution in [0.2, 0.25) is 0 Å². The Morgan fingerprint density at radius 3 is 2.67 bits per heavy atom. The van der Waals surface area contributed by atoms with E-state index in [2.05, 4.69) is 28.4 Å². The van der Waals surface area contributed by atoms with Gasteiger partial charge in [0.15, 0.2) is 0 Å². The summed E-state index contributed by atoms with van der Waals surface area (Å²) in [6.07, 6.45) is 12.6. The van der Waals surface area contributed by atoms with Gasteiger partial charge in [-0.3, -0.25) is 4.98 Å². The Morgan fingerprint density at radius 1 is 1.40 bits per heavy atom. The van der Waals surface area contributed by atoms with Gasteiger partial charge in [0.25, 0.3) is 0 Å². The fourth-order valence-corrected chi connectivity index (χ4v) is 1.19. The van der Waals surface area contributed by atoms with Crippen LogP contribution in [0.1, 0.15) is 20.3 Å². The van der Waals surface area contributed by atoms with Crippen molar-refractivity contribution in [3.05, 3.63) is 37.4 Å². The minimum atomic E-state index is 1.01. The maximum Gasteiger partial charge on any atom is 0.241 e. The van der Waals surface area contributed by atoms with Crippen LogP contribution in [-0.2, 0) is 13.1 Å². The van der Waals surface area contributed by atoms with Gasteiger partial charge in [-0.15, -0.1) is 0 Å². The fraction of sp³-hybridized carbons (Fsp3) is 0.455. The van der Waals surface area contributed by atoms with E-state index in [9.17, 15) is 0 Å². The lowest BCUT2D eigenvalue weighted by atomic mass is 10.5. The molecule has 0 aliphatic rings. The van der Waals surface area contributed by atoms with Gasteiger partial charge in [0, 0.05) is 18.9 Å². The van der Waals surface area contributed by atoms with Gasteiger partial charge in [-0.05, 0) is 13.3 Å². The van der Waals surface area contributed by atoms with Gasteiger partial charge in [-0.2, -0.15) is 0 Å². The molecule has 0 aromatic carbocycles. The van der Waals surface area contributed by atoms with Crippen LogP contribution in [0.5, 0.6) is 0 Å². The van der Waals surface area contributed by atoms with Gasteiger partial charge in [0.1, 0.15) is 12.4 Å². The van der Waals surface area contributed by atoms with Crippen LogP contribution < -0.4 is 4.57 Å². The normalized spacial score (nSPS) is 9.47. The van der Waals surface area contributed by atoms with E-state index in [0.717, 1.165) is 13.1 Å². The summed E-state index contributed by atoms with van der Waals surface area (Å²) in [6.45, 7) is 6.38. The highest BCUT2D eigenvalue weighted by molar-refractivity contribution is 4.72. The van der Waals surface area contributed by atoms with E-state index < -0.39 is 0 Å². The molecule has 2 heterocycles. The van der Waals surface area contributed by atoms with Gasteiger partial charge in [-0.1, -0.05) is 6.92 Å². The van der Waals surface area contributed by atoms with Crippen LogP contribution in [0.25, 0.3) is 0 Å². The van der Waals surface area contributed by atoms with Crippen molar-refractivity contribution in [1.82, 2.24) is 14.5 Å². The second kappa shape index (κ2) is 6.81. The summed E-state index contributed by atoms with van der Waals surface area (Å²) in [6, 6.07) is 0. The number of nitrogens with one attached hydrogen (secondary N) is 1. The van der Waals surface area contributed by atoms with Crippen LogP contribution >= 0.6 is 0 Å². The minimum Gasteiger partial charge on any atom is -0.338 e. The number of nitrogens with zero attached hydrogens (tertiary/aromatic N) is 3. The van der Waals surface area contributed by atoms with Gasteiger partial charge in [0.2, 0.25) is 6.33 Å². The predicted octanol–water partition coefficient (Wildman–Crippen LogP) is 1.62. The first-order valence-corrected chi connectivity index (χ1v) is 5.34. The van der Waals surface area contributed by atoms with Gasteiger partial charge in [0.05, 0.1) is 12.9 Å². The molecule has 0 aliphatic carbocycles. The zero-order valence-corrected chi connectivity index (χ0v) is 9.43. The number of aromatic nitrogens is 4. The number of aryl methyl sites for hydroxylation is 2. The molecule has 0 bridgehead atoms. The highest BCUT2D eigenvalue weighted by Crippen LogP contribution is 1.81. The summed E-state index contributed by atoms with van der Waals surface area (Å²) in [4.78, 5) is 6.83. The third-order valence-corrected chi connectivity index (χ3v) is 2.01. The average molecular weight is 207 g/mol. The number of imidazole rings is 2. The van der Waals surface area contributed by atoms with Gasteiger partial charge in [-0.25, -0.2) is 9.55 Å². The molecule has 0 fully saturated rings. The van der Waals surface area contributed by atoms with Crippen molar-refractivity contribution in [2.45, 2.75) is 33.4 Å². The molecule has 0 aliphatic heterocycles. The quantitative estimate of drug-likeness (QED) is 0.763. The van der Waals surface area contributed by atoms with Crippen molar-refractivity contribution in [2.75, 3.05) is 0 Å². The lowest BCUT2D eigenvalue weighted by molar-refractivity contribution is -0.695. The number of H-pyrrole nitrogens is 1. The highest BCUT2D eigenvalue weighted by atomic mass is 15.0. The molecule has 0 saturated carbocycles. The molecular formula is C11H19N4+. The Bertz CT molecular complexity index is 323. The topological polar surface area (TPSA) is 37.5 Å². The van der Waals surface area contributed by atoms with Crippen LogP contribution in [0.3, 0.4) is 0 Å². The molecule has 0 unspecified atom stereocenters. The van der Waals surface area contributed by atoms with Crippen LogP contribution in [0.15, 0.2) is 37.4 Å². The zero-order chi connectivity index (χ0) is 10.9. The Hall–Kier alpha value is -1.58. The van der Waals surface area contributed by atoms with Crippen LogP contribution in [0, 0.1) is 0 Å². The number of hydrogen-bond acceptors (Lipinski definition) is 1. The summed E-state index contributed by atoms with van der Waals surface area (Å²) in [5, 5.41) is 0. The highest BCUT2D eigenvalue weighted by Gasteiger charge is 1.89. The SMILES string of the molecule is CCC[n+]1cc[nH]c1.CCn1ccnc1. The van der Waals surface area contributed by atoms with E-state index in [1.807, 2.05) is 29.5 Å². The third kappa shape index (κ3) is 4.44. The van der Waals surface area contributed by atoms with E-state index in [1.165, 1.54) is 6.42 Å². The first-order valence-electron chi connectivity index (χ1n) is 5.34. The van der Waals surface area contributed by atoms with Gasteiger partial charge >= 0.3 is 0 Å². The molecule has 0 radical (unpaired) electrons. The molecule has 82 valence electrons. The Kier molecular flexibility index (Phi) is 5.22. The van der Waals surface area contributed by atoms with Crippen molar-refractivity contribution in [2.24, 2.45) is 0 Å². The van der Waals surface area contributed by atoms with E-state index in [1.54, 1.807) is 12.5 Å². The second-order valence-corrected chi connectivity index (χ2v) is 3.24. The molecule has 2 aromatic heterocycles. The molecular weight excluding hydrogens is 188 g/mol. The molecule has 0 spiro atoms. The fourth-order valence-electron chi connectivity index (χ4n) is 1.19. The monoisotopic (exact) mass is 207 g/mol. The van der Waals surface area contributed by atoms with Crippen molar-refractivity contribution >= 4 is 0 Å². The van der Waals surface area contributed by atoms with Crippen molar-refractivity contribution in [1.29, 1.82) is 0 Å². The van der Waals surface area contributed by atoms with Crippen molar-refractivity contribution in [3.8, 4) is 0 Å².